The average molecular weight is 412 g/mol. The van der Waals surface area contributed by atoms with Gasteiger partial charge in [0.1, 0.15) is 5.82 Å². The van der Waals surface area contributed by atoms with Crippen molar-refractivity contribution in [3.8, 4) is 0 Å². The number of hydrogen-bond acceptors (Lipinski definition) is 4. The van der Waals surface area contributed by atoms with Crippen LogP contribution in [0.25, 0.3) is 0 Å². The molecule has 0 unspecified atom stereocenters. The first kappa shape index (κ1) is 18.4. The Balaban J connectivity index is 1.80. The molecule has 1 heterocycles. The largest absolute Gasteiger partial charge is 0.324 e. The number of carbonyl (C=O) groups excluding carboxylic acids is 2. The minimum Gasteiger partial charge on any atom is -0.324 e. The SMILES string of the molecule is CN(CC(=O)Nc1ccc(Br)cn1)CC(=O)Nc1ccccc1Cl. The van der Waals surface area contributed by atoms with Crippen LogP contribution in [0.1, 0.15) is 0 Å². The summed E-state index contributed by atoms with van der Waals surface area (Å²) in [5.74, 6) is -0.0462. The van der Waals surface area contributed by atoms with Crippen molar-refractivity contribution in [3.63, 3.8) is 0 Å². The first-order valence-corrected chi connectivity index (χ1v) is 8.25. The van der Waals surface area contributed by atoms with Gasteiger partial charge in [0.25, 0.3) is 0 Å². The van der Waals surface area contributed by atoms with Crippen LogP contribution in [0.15, 0.2) is 47.1 Å². The predicted octanol–water partition coefficient (Wildman–Crippen LogP) is 3.01. The molecule has 0 aliphatic heterocycles. The summed E-state index contributed by atoms with van der Waals surface area (Å²) in [5, 5.41) is 5.84. The van der Waals surface area contributed by atoms with Crippen molar-refractivity contribution in [1.29, 1.82) is 0 Å². The van der Waals surface area contributed by atoms with Crippen LogP contribution in [0, 0.1) is 0 Å². The van der Waals surface area contributed by atoms with Crippen molar-refractivity contribution in [2.24, 2.45) is 0 Å². The number of hydrogen-bond donors (Lipinski definition) is 2. The van der Waals surface area contributed by atoms with E-state index in [1.807, 2.05) is 0 Å². The van der Waals surface area contributed by atoms with E-state index in [-0.39, 0.29) is 24.9 Å². The molecule has 0 saturated carbocycles. The number of nitrogens with one attached hydrogen (secondary N) is 2. The van der Waals surface area contributed by atoms with Gasteiger partial charge in [-0.25, -0.2) is 4.98 Å². The molecule has 2 amide bonds. The molecule has 0 bridgehead atoms. The van der Waals surface area contributed by atoms with Crippen LogP contribution in [-0.2, 0) is 9.59 Å². The smallest absolute Gasteiger partial charge is 0.239 e. The van der Waals surface area contributed by atoms with Gasteiger partial charge in [0, 0.05) is 10.7 Å². The maximum absolute atomic E-state index is 12.0. The highest BCUT2D eigenvalue weighted by atomic mass is 79.9. The second kappa shape index (κ2) is 8.77. The van der Waals surface area contributed by atoms with E-state index in [1.165, 1.54) is 0 Å². The van der Waals surface area contributed by atoms with E-state index in [0.717, 1.165) is 4.47 Å². The minimum atomic E-state index is -0.252. The zero-order valence-corrected chi connectivity index (χ0v) is 15.3. The number of benzene rings is 1. The Morgan fingerprint density at radius 2 is 1.79 bits per heavy atom. The lowest BCUT2D eigenvalue weighted by Gasteiger charge is -2.16. The van der Waals surface area contributed by atoms with E-state index in [9.17, 15) is 9.59 Å². The van der Waals surface area contributed by atoms with E-state index >= 15 is 0 Å². The molecule has 126 valence electrons. The molecule has 2 aromatic rings. The molecule has 0 spiro atoms. The molecule has 2 rings (SSSR count). The molecular formula is C16H16BrClN4O2. The van der Waals surface area contributed by atoms with E-state index in [4.69, 9.17) is 11.6 Å². The van der Waals surface area contributed by atoms with Gasteiger partial charge in [0.05, 0.1) is 23.8 Å². The topological polar surface area (TPSA) is 74.3 Å². The second-order valence-corrected chi connectivity index (χ2v) is 6.43. The molecule has 2 N–H and O–H groups in total. The summed E-state index contributed by atoms with van der Waals surface area (Å²) in [7, 11) is 1.68. The molecule has 0 fully saturated rings. The maximum Gasteiger partial charge on any atom is 0.239 e. The van der Waals surface area contributed by atoms with Crippen LogP contribution in [-0.4, -0.2) is 41.8 Å². The molecular weight excluding hydrogens is 396 g/mol. The highest BCUT2D eigenvalue weighted by Gasteiger charge is 2.12. The molecule has 0 saturated heterocycles. The number of anilines is 2. The Morgan fingerprint density at radius 1 is 1.12 bits per heavy atom. The van der Waals surface area contributed by atoms with Crippen molar-refractivity contribution in [1.82, 2.24) is 9.88 Å². The lowest BCUT2D eigenvalue weighted by Crippen LogP contribution is -2.36. The average Bonchev–Trinajstić information content (AvgIpc) is 2.51. The van der Waals surface area contributed by atoms with Crippen LogP contribution in [0.4, 0.5) is 11.5 Å². The van der Waals surface area contributed by atoms with Crippen LogP contribution < -0.4 is 10.6 Å². The summed E-state index contributed by atoms with van der Waals surface area (Å²) in [5.41, 5.74) is 0.543. The summed E-state index contributed by atoms with van der Waals surface area (Å²) in [6.45, 7) is 0.125. The number of halogens is 2. The summed E-state index contributed by atoms with van der Waals surface area (Å²) in [4.78, 5) is 29.6. The number of rotatable bonds is 6. The minimum absolute atomic E-state index is 0.0619. The van der Waals surface area contributed by atoms with Gasteiger partial charge in [-0.3, -0.25) is 14.5 Å². The fraction of sp³-hybridized carbons (Fsp3) is 0.188. The van der Waals surface area contributed by atoms with Gasteiger partial charge in [-0.2, -0.15) is 0 Å². The van der Waals surface area contributed by atoms with Gasteiger partial charge < -0.3 is 10.6 Å². The number of pyridine rings is 1. The number of para-hydroxylation sites is 1. The lowest BCUT2D eigenvalue weighted by molar-refractivity contribution is -0.119. The van der Waals surface area contributed by atoms with Crippen molar-refractivity contribution in [2.45, 2.75) is 0 Å². The summed E-state index contributed by atoms with van der Waals surface area (Å²) in [6.07, 6.45) is 1.59. The second-order valence-electron chi connectivity index (χ2n) is 5.11. The van der Waals surface area contributed by atoms with Crippen molar-refractivity contribution in [2.75, 3.05) is 30.8 Å². The quantitative estimate of drug-likeness (QED) is 0.766. The fourth-order valence-electron chi connectivity index (χ4n) is 1.93. The third-order valence-electron chi connectivity index (χ3n) is 2.97. The summed E-state index contributed by atoms with van der Waals surface area (Å²) in [6, 6.07) is 10.4. The summed E-state index contributed by atoms with van der Waals surface area (Å²) >= 11 is 9.26. The van der Waals surface area contributed by atoms with Gasteiger partial charge in [-0.15, -0.1) is 0 Å². The standard InChI is InChI=1S/C16H16BrClN4O2/c1-22(9-15(23)20-13-5-3-2-4-12(13)18)10-16(24)21-14-7-6-11(17)8-19-14/h2-8H,9-10H2,1H3,(H,20,23)(H,19,21,24). The number of amides is 2. The van der Waals surface area contributed by atoms with Crippen LogP contribution in [0.5, 0.6) is 0 Å². The van der Waals surface area contributed by atoms with Crippen molar-refractivity contribution in [3.05, 3.63) is 52.1 Å². The Kier molecular flexibility index (Phi) is 6.72. The Labute approximate surface area is 153 Å². The van der Waals surface area contributed by atoms with Gasteiger partial charge in [-0.05, 0) is 47.2 Å². The molecule has 1 aromatic heterocycles. The van der Waals surface area contributed by atoms with E-state index in [0.29, 0.717) is 16.5 Å². The maximum atomic E-state index is 12.0. The Bertz CT molecular complexity index is 724. The predicted molar refractivity (Wildman–Crippen MR) is 98.1 cm³/mol. The van der Waals surface area contributed by atoms with E-state index in [2.05, 4.69) is 31.5 Å². The van der Waals surface area contributed by atoms with Crippen LogP contribution in [0.2, 0.25) is 5.02 Å². The van der Waals surface area contributed by atoms with Gasteiger partial charge in [0.15, 0.2) is 0 Å². The van der Waals surface area contributed by atoms with E-state index in [1.54, 1.807) is 54.5 Å². The number of aromatic nitrogens is 1. The third-order valence-corrected chi connectivity index (χ3v) is 3.77. The third kappa shape index (κ3) is 5.92. The Morgan fingerprint density at radius 3 is 2.42 bits per heavy atom. The van der Waals surface area contributed by atoms with Crippen LogP contribution >= 0.6 is 27.5 Å². The zero-order valence-electron chi connectivity index (χ0n) is 12.9. The van der Waals surface area contributed by atoms with Gasteiger partial charge >= 0.3 is 0 Å². The molecule has 1 aromatic carbocycles. The normalized spacial score (nSPS) is 10.5. The number of likely N-dealkylation sites (N-methyl/N-ethyl adjacent to an activating group) is 1. The first-order chi connectivity index (χ1) is 11.4. The molecule has 0 aliphatic carbocycles. The van der Waals surface area contributed by atoms with Crippen molar-refractivity contribution < 1.29 is 9.59 Å². The summed E-state index contributed by atoms with van der Waals surface area (Å²) < 4.78 is 0.828. The Hall–Kier alpha value is -1.96. The lowest BCUT2D eigenvalue weighted by atomic mass is 10.3. The van der Waals surface area contributed by atoms with E-state index < -0.39 is 0 Å². The molecule has 0 aliphatic rings. The first-order valence-electron chi connectivity index (χ1n) is 7.08. The van der Waals surface area contributed by atoms with Crippen molar-refractivity contribution >= 4 is 50.9 Å². The number of nitrogens with zero attached hydrogens (tertiary/aromatic N) is 2. The number of carbonyl (C=O) groups is 2. The highest BCUT2D eigenvalue weighted by molar-refractivity contribution is 9.10. The van der Waals surface area contributed by atoms with Gasteiger partial charge in [0.2, 0.25) is 11.8 Å². The fourth-order valence-corrected chi connectivity index (χ4v) is 2.35. The monoisotopic (exact) mass is 410 g/mol. The highest BCUT2D eigenvalue weighted by Crippen LogP contribution is 2.20. The molecule has 0 radical (unpaired) electrons. The van der Waals surface area contributed by atoms with Crippen LogP contribution in [0.3, 0.4) is 0 Å². The van der Waals surface area contributed by atoms with Gasteiger partial charge in [-0.1, -0.05) is 23.7 Å². The zero-order chi connectivity index (χ0) is 17.5. The molecule has 8 heteroatoms. The molecule has 0 atom stereocenters. The molecule has 6 nitrogen and oxygen atoms in total. The molecule has 24 heavy (non-hydrogen) atoms.